The van der Waals surface area contributed by atoms with Gasteiger partial charge in [0.25, 0.3) is 0 Å². The maximum atomic E-state index is 12.9. The van der Waals surface area contributed by atoms with Gasteiger partial charge in [0, 0.05) is 18.9 Å². The van der Waals surface area contributed by atoms with E-state index in [1.807, 2.05) is 12.1 Å². The van der Waals surface area contributed by atoms with Crippen LogP contribution in [0.25, 0.3) is 0 Å². The van der Waals surface area contributed by atoms with Gasteiger partial charge < -0.3 is 10.2 Å². The number of piperazine rings is 1. The zero-order valence-electron chi connectivity index (χ0n) is 12.6. The molecule has 0 unspecified atom stereocenters. The van der Waals surface area contributed by atoms with Gasteiger partial charge in [-0.3, -0.25) is 14.6 Å². The average Bonchev–Trinajstić information content (AvgIpc) is 2.94. The molecule has 2 amide bonds. The SMILES string of the molecule is CC1(C)NC(=O)C2(CCCC2)N(Cc2ccncc2)C1=O. The Morgan fingerprint density at radius 3 is 2.43 bits per heavy atom. The summed E-state index contributed by atoms with van der Waals surface area (Å²) in [6.45, 7) is 4.02. The molecule has 0 bridgehead atoms. The van der Waals surface area contributed by atoms with Gasteiger partial charge in [-0.05, 0) is 44.4 Å². The fraction of sp³-hybridized carbons (Fsp3) is 0.562. The van der Waals surface area contributed by atoms with Crippen molar-refractivity contribution in [3.63, 3.8) is 0 Å². The van der Waals surface area contributed by atoms with Crippen LogP contribution >= 0.6 is 0 Å². The number of rotatable bonds is 2. The second-order valence-corrected chi connectivity index (χ2v) is 6.56. The Morgan fingerprint density at radius 2 is 1.81 bits per heavy atom. The number of aromatic nitrogens is 1. The molecule has 1 aromatic rings. The van der Waals surface area contributed by atoms with E-state index in [0.29, 0.717) is 6.54 Å². The summed E-state index contributed by atoms with van der Waals surface area (Å²) in [6.07, 6.45) is 6.94. The van der Waals surface area contributed by atoms with Crippen LogP contribution in [0.2, 0.25) is 0 Å². The maximum Gasteiger partial charge on any atom is 0.248 e. The molecule has 0 aromatic carbocycles. The van der Waals surface area contributed by atoms with Crippen LogP contribution in [0.5, 0.6) is 0 Å². The van der Waals surface area contributed by atoms with Gasteiger partial charge in [0.1, 0.15) is 11.1 Å². The van der Waals surface area contributed by atoms with Crippen molar-refractivity contribution in [2.75, 3.05) is 0 Å². The molecule has 2 fully saturated rings. The van der Waals surface area contributed by atoms with E-state index in [-0.39, 0.29) is 11.8 Å². The summed E-state index contributed by atoms with van der Waals surface area (Å²) >= 11 is 0. The first kappa shape index (κ1) is 14.0. The first-order valence-electron chi connectivity index (χ1n) is 7.49. The van der Waals surface area contributed by atoms with Crippen LogP contribution in [0.15, 0.2) is 24.5 Å². The number of hydrogen-bond donors (Lipinski definition) is 1. The molecule has 1 N–H and O–H groups in total. The second-order valence-electron chi connectivity index (χ2n) is 6.56. The smallest absolute Gasteiger partial charge is 0.248 e. The van der Waals surface area contributed by atoms with Gasteiger partial charge in [0.15, 0.2) is 0 Å². The van der Waals surface area contributed by atoms with Crippen molar-refractivity contribution in [1.29, 1.82) is 0 Å². The van der Waals surface area contributed by atoms with E-state index < -0.39 is 11.1 Å². The topological polar surface area (TPSA) is 62.3 Å². The minimum absolute atomic E-state index is 0.000752. The highest BCUT2D eigenvalue weighted by Crippen LogP contribution is 2.40. The lowest BCUT2D eigenvalue weighted by atomic mass is 9.85. The van der Waals surface area contributed by atoms with Gasteiger partial charge in [0.2, 0.25) is 11.8 Å². The summed E-state index contributed by atoms with van der Waals surface area (Å²) in [4.78, 5) is 31.3. The van der Waals surface area contributed by atoms with E-state index in [0.717, 1.165) is 31.2 Å². The Balaban J connectivity index is 1.98. The molecule has 5 heteroatoms. The predicted molar refractivity (Wildman–Crippen MR) is 78.2 cm³/mol. The molecule has 5 nitrogen and oxygen atoms in total. The van der Waals surface area contributed by atoms with Crippen LogP contribution in [-0.4, -0.2) is 32.8 Å². The largest absolute Gasteiger partial charge is 0.340 e. The monoisotopic (exact) mass is 287 g/mol. The molecular formula is C16H21N3O2. The lowest BCUT2D eigenvalue weighted by Crippen LogP contribution is -2.73. The highest BCUT2D eigenvalue weighted by Gasteiger charge is 2.56. The summed E-state index contributed by atoms with van der Waals surface area (Å²) in [5, 5.41) is 2.91. The van der Waals surface area contributed by atoms with Gasteiger partial charge in [-0.1, -0.05) is 12.8 Å². The highest BCUT2D eigenvalue weighted by atomic mass is 16.2. The molecule has 21 heavy (non-hydrogen) atoms. The number of carbonyl (C=O) groups excluding carboxylic acids is 2. The van der Waals surface area contributed by atoms with Crippen molar-refractivity contribution < 1.29 is 9.59 Å². The Bertz CT molecular complexity index is 562. The lowest BCUT2D eigenvalue weighted by molar-refractivity contribution is -0.162. The normalized spacial score (nSPS) is 23.4. The van der Waals surface area contributed by atoms with E-state index >= 15 is 0 Å². The van der Waals surface area contributed by atoms with Gasteiger partial charge in [0.05, 0.1) is 0 Å². The van der Waals surface area contributed by atoms with Crippen molar-refractivity contribution >= 4 is 11.8 Å². The number of nitrogens with one attached hydrogen (secondary N) is 1. The van der Waals surface area contributed by atoms with Gasteiger partial charge in [-0.2, -0.15) is 0 Å². The Labute approximate surface area is 124 Å². The summed E-state index contributed by atoms with van der Waals surface area (Å²) in [6, 6.07) is 3.80. The number of hydrogen-bond acceptors (Lipinski definition) is 3. The average molecular weight is 287 g/mol. The molecule has 3 rings (SSSR count). The van der Waals surface area contributed by atoms with Gasteiger partial charge in [-0.15, -0.1) is 0 Å². The van der Waals surface area contributed by atoms with Crippen molar-refractivity contribution in [2.45, 2.75) is 57.2 Å². The number of nitrogens with zero attached hydrogens (tertiary/aromatic N) is 2. The third-order valence-electron chi connectivity index (χ3n) is 4.67. The molecule has 2 aliphatic rings. The van der Waals surface area contributed by atoms with E-state index in [1.165, 1.54) is 0 Å². The molecular weight excluding hydrogens is 266 g/mol. The number of amides is 2. The zero-order valence-corrected chi connectivity index (χ0v) is 12.6. The zero-order chi connectivity index (χ0) is 15.1. The molecule has 0 radical (unpaired) electrons. The fourth-order valence-corrected chi connectivity index (χ4v) is 3.46. The van der Waals surface area contributed by atoms with Gasteiger partial charge >= 0.3 is 0 Å². The van der Waals surface area contributed by atoms with Crippen LogP contribution in [-0.2, 0) is 16.1 Å². The molecule has 1 saturated heterocycles. The molecule has 2 heterocycles. The predicted octanol–water partition coefficient (Wildman–Crippen LogP) is 1.63. The molecule has 1 spiro atoms. The first-order chi connectivity index (χ1) is 9.96. The third kappa shape index (κ3) is 2.20. The van der Waals surface area contributed by atoms with Gasteiger partial charge in [-0.25, -0.2) is 0 Å². The molecule has 0 atom stereocenters. The van der Waals surface area contributed by atoms with E-state index in [1.54, 1.807) is 31.1 Å². The lowest BCUT2D eigenvalue weighted by Gasteiger charge is -2.49. The van der Waals surface area contributed by atoms with E-state index in [9.17, 15) is 9.59 Å². The van der Waals surface area contributed by atoms with Crippen LogP contribution in [0.3, 0.4) is 0 Å². The maximum absolute atomic E-state index is 12.9. The molecule has 1 saturated carbocycles. The molecule has 1 aliphatic heterocycles. The van der Waals surface area contributed by atoms with E-state index in [4.69, 9.17) is 0 Å². The second kappa shape index (κ2) is 4.83. The van der Waals surface area contributed by atoms with Crippen LogP contribution in [0.4, 0.5) is 0 Å². The summed E-state index contributed by atoms with van der Waals surface area (Å²) in [5.74, 6) is -0.000492. The summed E-state index contributed by atoms with van der Waals surface area (Å²) in [5.41, 5.74) is -0.483. The third-order valence-corrected chi connectivity index (χ3v) is 4.67. The highest BCUT2D eigenvalue weighted by molar-refractivity contribution is 6.02. The standard InChI is InChI=1S/C16H21N3O2/c1-15(2)14(21)19(11-12-5-9-17-10-6-12)16(13(20)18-15)7-3-4-8-16/h5-6,9-10H,3-4,7-8,11H2,1-2H3,(H,18,20). The summed E-state index contributed by atoms with van der Waals surface area (Å²) < 4.78 is 0. The fourth-order valence-electron chi connectivity index (χ4n) is 3.46. The van der Waals surface area contributed by atoms with Crippen molar-refractivity contribution in [1.82, 2.24) is 15.2 Å². The minimum Gasteiger partial charge on any atom is -0.340 e. The number of carbonyl (C=O) groups is 2. The Kier molecular flexibility index (Phi) is 3.23. The van der Waals surface area contributed by atoms with Crippen LogP contribution in [0, 0.1) is 0 Å². The Hall–Kier alpha value is -1.91. The molecule has 1 aromatic heterocycles. The molecule has 1 aliphatic carbocycles. The van der Waals surface area contributed by atoms with E-state index in [2.05, 4.69) is 10.3 Å². The molecule has 112 valence electrons. The van der Waals surface area contributed by atoms with Crippen molar-refractivity contribution in [2.24, 2.45) is 0 Å². The Morgan fingerprint density at radius 1 is 1.19 bits per heavy atom. The number of pyridine rings is 1. The van der Waals surface area contributed by atoms with Crippen LogP contribution < -0.4 is 5.32 Å². The van der Waals surface area contributed by atoms with Crippen molar-refractivity contribution in [3.8, 4) is 0 Å². The van der Waals surface area contributed by atoms with Crippen molar-refractivity contribution in [3.05, 3.63) is 30.1 Å². The quantitative estimate of drug-likeness (QED) is 0.899. The van der Waals surface area contributed by atoms with Crippen LogP contribution in [0.1, 0.15) is 45.1 Å². The minimum atomic E-state index is -0.835. The first-order valence-corrected chi connectivity index (χ1v) is 7.49. The summed E-state index contributed by atoms with van der Waals surface area (Å²) in [7, 11) is 0.